The highest BCUT2D eigenvalue weighted by molar-refractivity contribution is 7.09. The Morgan fingerprint density at radius 2 is 1.90 bits per heavy atom. The van der Waals surface area contributed by atoms with Crippen LogP contribution in [-0.4, -0.2) is 12.0 Å². The molecule has 0 aliphatic carbocycles. The Balaban J connectivity index is 2.05. The molecule has 0 radical (unpaired) electrons. The van der Waals surface area contributed by atoms with Gasteiger partial charge in [0, 0.05) is 24.3 Å². The maximum Gasteiger partial charge on any atom is 0.0933 e. The van der Waals surface area contributed by atoms with E-state index >= 15 is 0 Å². The first-order valence-corrected chi connectivity index (χ1v) is 8.01. The standard InChI is InChI=1S/C17H24N2S/c1-17(2,3)11-16-19-14(12-20-16)10-15(18-4)13-8-6-5-7-9-13/h5-9,12,15,18H,10-11H2,1-4H3. The normalized spacial score (nSPS) is 13.4. The van der Waals surface area contributed by atoms with Crippen LogP contribution in [0.15, 0.2) is 35.7 Å². The van der Waals surface area contributed by atoms with Gasteiger partial charge in [0.1, 0.15) is 0 Å². The number of thiazole rings is 1. The number of hydrogen-bond acceptors (Lipinski definition) is 3. The van der Waals surface area contributed by atoms with Gasteiger partial charge in [0.2, 0.25) is 0 Å². The van der Waals surface area contributed by atoms with Crippen molar-refractivity contribution in [3.8, 4) is 0 Å². The van der Waals surface area contributed by atoms with Gasteiger partial charge in [0.15, 0.2) is 0 Å². The van der Waals surface area contributed by atoms with Gasteiger partial charge in [-0.3, -0.25) is 0 Å². The molecule has 0 spiro atoms. The molecule has 1 atom stereocenters. The second-order valence-corrected chi connectivity index (χ2v) is 7.37. The summed E-state index contributed by atoms with van der Waals surface area (Å²) >= 11 is 1.79. The summed E-state index contributed by atoms with van der Waals surface area (Å²) < 4.78 is 0. The molecular formula is C17H24N2S. The summed E-state index contributed by atoms with van der Waals surface area (Å²) in [5, 5.41) is 6.84. The minimum Gasteiger partial charge on any atom is -0.313 e. The molecule has 1 aromatic heterocycles. The number of hydrogen-bond donors (Lipinski definition) is 1. The summed E-state index contributed by atoms with van der Waals surface area (Å²) in [6, 6.07) is 10.9. The van der Waals surface area contributed by atoms with Gasteiger partial charge in [-0.05, 0) is 18.0 Å². The summed E-state index contributed by atoms with van der Waals surface area (Å²) in [5.74, 6) is 0. The van der Waals surface area contributed by atoms with Gasteiger partial charge in [0.05, 0.1) is 10.7 Å². The predicted octanol–water partition coefficient (Wildman–Crippen LogP) is 4.23. The van der Waals surface area contributed by atoms with Crippen LogP contribution < -0.4 is 5.32 Å². The number of aromatic nitrogens is 1. The molecule has 0 fully saturated rings. The third-order valence-corrected chi connectivity index (χ3v) is 4.14. The van der Waals surface area contributed by atoms with Crippen LogP contribution >= 0.6 is 11.3 Å². The van der Waals surface area contributed by atoms with Crippen molar-refractivity contribution >= 4 is 11.3 Å². The molecule has 20 heavy (non-hydrogen) atoms. The van der Waals surface area contributed by atoms with Gasteiger partial charge in [-0.25, -0.2) is 4.98 Å². The quantitative estimate of drug-likeness (QED) is 0.890. The average Bonchev–Trinajstić information content (AvgIpc) is 2.82. The Labute approximate surface area is 126 Å². The summed E-state index contributed by atoms with van der Waals surface area (Å²) in [5.41, 5.74) is 2.81. The molecule has 2 rings (SSSR count). The monoisotopic (exact) mass is 288 g/mol. The van der Waals surface area contributed by atoms with E-state index in [0.717, 1.165) is 12.8 Å². The SMILES string of the molecule is CNC(Cc1csc(CC(C)(C)C)n1)c1ccccc1. The van der Waals surface area contributed by atoms with E-state index in [0.29, 0.717) is 11.5 Å². The fourth-order valence-corrected chi connectivity index (χ4v) is 3.37. The molecule has 108 valence electrons. The lowest BCUT2D eigenvalue weighted by Gasteiger charge is -2.16. The molecule has 1 N–H and O–H groups in total. The number of nitrogens with zero attached hydrogens (tertiary/aromatic N) is 1. The first kappa shape index (κ1) is 15.2. The Kier molecular flexibility index (Phi) is 4.95. The number of nitrogens with one attached hydrogen (secondary N) is 1. The number of likely N-dealkylation sites (N-methyl/N-ethyl adjacent to an activating group) is 1. The van der Waals surface area contributed by atoms with Crippen LogP contribution in [0.4, 0.5) is 0 Å². The highest BCUT2D eigenvalue weighted by Crippen LogP contribution is 2.25. The molecule has 0 saturated carbocycles. The molecule has 1 unspecified atom stereocenters. The van der Waals surface area contributed by atoms with Crippen molar-refractivity contribution in [2.45, 2.75) is 39.7 Å². The van der Waals surface area contributed by atoms with Gasteiger partial charge < -0.3 is 5.32 Å². The molecule has 0 saturated heterocycles. The van der Waals surface area contributed by atoms with E-state index in [1.807, 2.05) is 7.05 Å². The minimum atomic E-state index is 0.303. The molecule has 2 aromatic rings. The Morgan fingerprint density at radius 3 is 2.50 bits per heavy atom. The molecule has 0 bridgehead atoms. The second-order valence-electron chi connectivity index (χ2n) is 6.43. The fraction of sp³-hybridized carbons (Fsp3) is 0.471. The lowest BCUT2D eigenvalue weighted by Crippen LogP contribution is -2.19. The number of benzene rings is 1. The molecular weight excluding hydrogens is 264 g/mol. The predicted molar refractivity (Wildman–Crippen MR) is 87.2 cm³/mol. The molecule has 0 aliphatic rings. The first-order chi connectivity index (χ1) is 9.48. The third kappa shape index (κ3) is 4.43. The summed E-state index contributed by atoms with van der Waals surface area (Å²) in [4.78, 5) is 4.79. The van der Waals surface area contributed by atoms with Crippen LogP contribution in [0.5, 0.6) is 0 Å². The van der Waals surface area contributed by atoms with Crippen LogP contribution in [0.2, 0.25) is 0 Å². The summed E-state index contributed by atoms with van der Waals surface area (Å²) in [6.45, 7) is 6.78. The van der Waals surface area contributed by atoms with Crippen molar-refractivity contribution in [1.29, 1.82) is 0 Å². The van der Waals surface area contributed by atoms with Crippen LogP contribution in [-0.2, 0) is 12.8 Å². The van der Waals surface area contributed by atoms with E-state index < -0.39 is 0 Å². The minimum absolute atomic E-state index is 0.303. The molecule has 0 aliphatic heterocycles. The van der Waals surface area contributed by atoms with E-state index in [-0.39, 0.29) is 0 Å². The topological polar surface area (TPSA) is 24.9 Å². The largest absolute Gasteiger partial charge is 0.313 e. The summed E-state index contributed by atoms with van der Waals surface area (Å²) in [6.07, 6.45) is 1.99. The van der Waals surface area contributed by atoms with Crippen molar-refractivity contribution in [2.75, 3.05) is 7.05 Å². The lowest BCUT2D eigenvalue weighted by atomic mass is 9.93. The maximum atomic E-state index is 4.79. The van der Waals surface area contributed by atoms with E-state index in [1.165, 1.54) is 16.3 Å². The number of rotatable bonds is 5. The van der Waals surface area contributed by atoms with E-state index in [1.54, 1.807) is 11.3 Å². The highest BCUT2D eigenvalue weighted by atomic mass is 32.1. The molecule has 1 aromatic carbocycles. The zero-order valence-electron chi connectivity index (χ0n) is 12.8. The van der Waals surface area contributed by atoms with E-state index in [9.17, 15) is 0 Å². The highest BCUT2D eigenvalue weighted by Gasteiger charge is 2.16. The van der Waals surface area contributed by atoms with Crippen LogP contribution in [0.3, 0.4) is 0 Å². The molecule has 1 heterocycles. The van der Waals surface area contributed by atoms with Gasteiger partial charge in [-0.15, -0.1) is 11.3 Å². The smallest absolute Gasteiger partial charge is 0.0933 e. The summed E-state index contributed by atoms with van der Waals surface area (Å²) in [7, 11) is 2.01. The van der Waals surface area contributed by atoms with Crippen LogP contribution in [0.1, 0.15) is 43.1 Å². The fourth-order valence-electron chi connectivity index (χ4n) is 2.26. The van der Waals surface area contributed by atoms with E-state index in [4.69, 9.17) is 4.98 Å². The Bertz CT molecular complexity index is 525. The molecule has 0 amide bonds. The van der Waals surface area contributed by atoms with Crippen molar-refractivity contribution in [2.24, 2.45) is 5.41 Å². The second kappa shape index (κ2) is 6.51. The van der Waals surface area contributed by atoms with Gasteiger partial charge in [-0.1, -0.05) is 51.1 Å². The average molecular weight is 288 g/mol. The Hall–Kier alpha value is -1.19. The first-order valence-electron chi connectivity index (χ1n) is 7.13. The van der Waals surface area contributed by atoms with Crippen LogP contribution in [0, 0.1) is 5.41 Å². The van der Waals surface area contributed by atoms with Gasteiger partial charge in [0.25, 0.3) is 0 Å². The lowest BCUT2D eigenvalue weighted by molar-refractivity contribution is 0.410. The van der Waals surface area contributed by atoms with Gasteiger partial charge in [-0.2, -0.15) is 0 Å². The molecule has 3 heteroatoms. The Morgan fingerprint density at radius 1 is 1.20 bits per heavy atom. The third-order valence-electron chi connectivity index (χ3n) is 3.24. The van der Waals surface area contributed by atoms with Crippen molar-refractivity contribution in [3.05, 3.63) is 52.0 Å². The van der Waals surface area contributed by atoms with Crippen molar-refractivity contribution in [3.63, 3.8) is 0 Å². The zero-order chi connectivity index (χ0) is 14.6. The van der Waals surface area contributed by atoms with E-state index in [2.05, 4.69) is 61.8 Å². The molecule has 2 nitrogen and oxygen atoms in total. The van der Waals surface area contributed by atoms with Crippen LogP contribution in [0.25, 0.3) is 0 Å². The van der Waals surface area contributed by atoms with Crippen molar-refractivity contribution in [1.82, 2.24) is 10.3 Å². The maximum absolute atomic E-state index is 4.79. The zero-order valence-corrected chi connectivity index (χ0v) is 13.6. The van der Waals surface area contributed by atoms with Crippen molar-refractivity contribution < 1.29 is 0 Å². The van der Waals surface area contributed by atoms with Gasteiger partial charge >= 0.3 is 0 Å².